The molecule has 0 bridgehead atoms. The maximum absolute atomic E-state index is 7.18. The first kappa shape index (κ1) is 8.83. The molecule has 0 rings (SSSR count). The number of nitriles is 1. The van der Waals surface area contributed by atoms with Gasteiger partial charge in [0.05, 0.1) is 0 Å². The summed E-state index contributed by atoms with van der Waals surface area (Å²) < 4.78 is 0. The first-order valence-electron chi connectivity index (χ1n) is 0.447. The summed E-state index contributed by atoms with van der Waals surface area (Å²) in [5.41, 5.74) is 0. The Kier molecular flexibility index (Phi) is 20.4. The summed E-state index contributed by atoms with van der Waals surface area (Å²) in [5.74, 6) is 0. The van der Waals surface area contributed by atoms with Crippen LogP contribution in [0.15, 0.2) is 0 Å². The van der Waals surface area contributed by atoms with Crippen molar-refractivity contribution in [2.24, 2.45) is 0 Å². The molecule has 0 fully saturated rings. The van der Waals surface area contributed by atoms with Crippen molar-refractivity contribution in [2.45, 2.75) is 0 Å². The Morgan fingerprint density at radius 3 is 2.00 bits per heavy atom. The van der Waals surface area contributed by atoms with Gasteiger partial charge in [-0.15, -0.1) is 0 Å². The van der Waals surface area contributed by atoms with E-state index in [1.807, 2.05) is 0 Å². The zero-order valence-corrected chi connectivity index (χ0v) is 7.03. The first-order valence-corrected chi connectivity index (χ1v) is 0.894. The van der Waals surface area contributed by atoms with E-state index in [-0.39, 0.29) is 28.7 Å². The number of nitrogens with zero attached hydrogens (tertiary/aromatic N) is 1. The van der Waals surface area contributed by atoms with Crippen LogP contribution in [-0.2, 0) is 27.3 Å². The van der Waals surface area contributed by atoms with Crippen molar-refractivity contribution in [2.75, 3.05) is 0 Å². The SMILES string of the molecule is N#CS.[Cd].[H+]. The Bertz CT molecular complexity index is 33.1. The van der Waals surface area contributed by atoms with E-state index < -0.39 is 0 Å². The molecule has 0 saturated heterocycles. The van der Waals surface area contributed by atoms with Gasteiger partial charge in [-0.25, -0.2) is 0 Å². The third-order valence-corrected chi connectivity index (χ3v) is 0. The molecule has 0 saturated carbocycles. The van der Waals surface area contributed by atoms with Crippen molar-refractivity contribution in [3.05, 3.63) is 0 Å². The maximum Gasteiger partial charge on any atom is 1.00 e. The first-order chi connectivity index (χ1) is 1.41. The summed E-state index contributed by atoms with van der Waals surface area (Å²) in [4.78, 5) is 0. The van der Waals surface area contributed by atoms with Gasteiger partial charge in [0, 0.05) is 27.3 Å². The van der Waals surface area contributed by atoms with Gasteiger partial charge in [-0.2, -0.15) is 5.26 Å². The molecule has 0 heterocycles. The second-order valence-electron chi connectivity index (χ2n) is 0.100. The minimum Gasteiger partial charge on any atom is -0.185 e. The van der Waals surface area contributed by atoms with E-state index in [1.165, 1.54) is 5.40 Å². The summed E-state index contributed by atoms with van der Waals surface area (Å²) in [6, 6.07) is 0. The summed E-state index contributed by atoms with van der Waals surface area (Å²) in [6.45, 7) is 0. The Morgan fingerprint density at radius 1 is 2.00 bits per heavy atom. The average molecular weight is 173 g/mol. The third-order valence-electron chi connectivity index (χ3n) is 0. The second kappa shape index (κ2) is 9.24. The predicted octanol–water partition coefficient (Wildman–Crippen LogP) is 0.507. The predicted molar refractivity (Wildman–Crippen MR) is 15.7 cm³/mol. The van der Waals surface area contributed by atoms with Crippen LogP contribution in [0, 0.1) is 10.7 Å². The van der Waals surface area contributed by atoms with Crippen molar-refractivity contribution in [3.8, 4) is 5.40 Å². The molecule has 0 amide bonds. The molecule has 0 spiro atoms. The van der Waals surface area contributed by atoms with Gasteiger partial charge in [0.15, 0.2) is 0 Å². The Morgan fingerprint density at radius 2 is 2.00 bits per heavy atom. The van der Waals surface area contributed by atoms with Gasteiger partial charge >= 0.3 is 1.43 Å². The van der Waals surface area contributed by atoms with E-state index in [2.05, 4.69) is 12.6 Å². The van der Waals surface area contributed by atoms with Gasteiger partial charge in [0.2, 0.25) is 0 Å². The van der Waals surface area contributed by atoms with Crippen molar-refractivity contribution in [1.29, 1.82) is 5.26 Å². The van der Waals surface area contributed by atoms with Gasteiger partial charge in [-0.3, -0.25) is 0 Å². The fraction of sp³-hybridized carbons (Fsp3) is 0. The minimum atomic E-state index is 0. The van der Waals surface area contributed by atoms with Crippen molar-refractivity contribution in [1.82, 2.24) is 0 Å². The van der Waals surface area contributed by atoms with Crippen LogP contribution in [0.4, 0.5) is 0 Å². The van der Waals surface area contributed by atoms with Crippen LogP contribution in [0.1, 0.15) is 1.43 Å². The molecule has 18 valence electrons. The molecule has 0 atom stereocenters. The van der Waals surface area contributed by atoms with Crippen LogP contribution in [0.2, 0.25) is 0 Å². The second-order valence-corrected chi connectivity index (χ2v) is 0.300. The topological polar surface area (TPSA) is 23.8 Å². The molecule has 0 aromatic heterocycles. The minimum absolute atomic E-state index is 0. The summed E-state index contributed by atoms with van der Waals surface area (Å²) in [7, 11) is 0. The van der Waals surface area contributed by atoms with Crippen molar-refractivity contribution < 1.29 is 28.7 Å². The van der Waals surface area contributed by atoms with Gasteiger partial charge in [0.1, 0.15) is 5.40 Å². The molecular weight excluding hydrogens is 170 g/mol. The zero-order valence-electron chi connectivity index (χ0n) is 3.10. The standard InChI is InChI=1S/CHNS.Cd/c2-1-3;/h3H;/p+1. The Balaban J connectivity index is -0.0000000200. The molecule has 0 aliphatic carbocycles. The van der Waals surface area contributed by atoms with Gasteiger partial charge in [-0.05, 0) is 0 Å². The number of rotatable bonds is 0. The molecule has 4 heavy (non-hydrogen) atoms. The van der Waals surface area contributed by atoms with Gasteiger partial charge < -0.3 is 0 Å². The van der Waals surface area contributed by atoms with Crippen molar-refractivity contribution >= 4 is 12.6 Å². The van der Waals surface area contributed by atoms with Crippen LogP contribution in [0.3, 0.4) is 0 Å². The molecule has 0 unspecified atom stereocenters. The molecule has 3 heteroatoms. The van der Waals surface area contributed by atoms with Crippen LogP contribution < -0.4 is 0 Å². The number of hydrogen-bond acceptors (Lipinski definition) is 2. The quantitative estimate of drug-likeness (QED) is 0.321. The smallest absolute Gasteiger partial charge is 0.185 e. The Labute approximate surface area is 52.1 Å². The molecular formula is CH2CdNS+. The molecule has 0 N–H and O–H groups in total. The third kappa shape index (κ3) is 14.8. The van der Waals surface area contributed by atoms with E-state index in [4.69, 9.17) is 5.26 Å². The molecule has 0 aromatic carbocycles. The summed E-state index contributed by atoms with van der Waals surface area (Å²) >= 11 is 3.09. The van der Waals surface area contributed by atoms with Crippen LogP contribution in [0.25, 0.3) is 0 Å². The normalized spacial score (nSPS) is 2.00. The van der Waals surface area contributed by atoms with E-state index in [1.54, 1.807) is 0 Å². The molecule has 0 aliphatic rings. The molecule has 0 aliphatic heterocycles. The fourth-order valence-corrected chi connectivity index (χ4v) is 0. The van der Waals surface area contributed by atoms with Gasteiger partial charge in [0.25, 0.3) is 0 Å². The number of thiocyanates is 1. The summed E-state index contributed by atoms with van der Waals surface area (Å²) in [5, 5.41) is 8.63. The van der Waals surface area contributed by atoms with Crippen LogP contribution >= 0.6 is 12.6 Å². The fourth-order valence-electron chi connectivity index (χ4n) is 0. The molecule has 0 aromatic rings. The van der Waals surface area contributed by atoms with Crippen molar-refractivity contribution in [3.63, 3.8) is 0 Å². The molecule has 1 nitrogen and oxygen atoms in total. The monoisotopic (exact) mass is 174 g/mol. The van der Waals surface area contributed by atoms with E-state index in [0.29, 0.717) is 0 Å². The van der Waals surface area contributed by atoms with Gasteiger partial charge in [-0.1, -0.05) is 12.6 Å². The Hall–Kier alpha value is 0.762. The van der Waals surface area contributed by atoms with E-state index in [9.17, 15) is 0 Å². The summed E-state index contributed by atoms with van der Waals surface area (Å²) in [6.07, 6.45) is 0. The maximum atomic E-state index is 7.18. The van der Waals surface area contributed by atoms with Crippen LogP contribution in [-0.4, -0.2) is 0 Å². The van der Waals surface area contributed by atoms with Crippen LogP contribution in [0.5, 0.6) is 0 Å². The largest absolute Gasteiger partial charge is 1.00 e. The van der Waals surface area contributed by atoms with E-state index in [0.717, 1.165) is 0 Å². The molecule has 0 radical (unpaired) electrons. The number of thiol groups is 1. The number of hydrogen-bond donors (Lipinski definition) is 1. The van der Waals surface area contributed by atoms with E-state index >= 15 is 0 Å². The average Bonchev–Trinajstić information content (AvgIpc) is 0.918. The zero-order chi connectivity index (χ0) is 2.71.